The van der Waals surface area contributed by atoms with E-state index in [1.54, 1.807) is 30.3 Å². The maximum atomic E-state index is 12.1. The zero-order valence-electron chi connectivity index (χ0n) is 15.7. The lowest BCUT2D eigenvalue weighted by molar-refractivity contribution is -0.121. The average molecular weight is 410 g/mol. The number of carbonyl (C=O) groups is 2. The molecule has 3 aromatic rings. The first-order valence-corrected chi connectivity index (χ1v) is 9.60. The van der Waals surface area contributed by atoms with Gasteiger partial charge in [0.25, 0.3) is 5.56 Å². The Bertz CT molecular complexity index is 1050. The van der Waals surface area contributed by atoms with Crippen LogP contribution in [-0.2, 0) is 11.3 Å². The maximum absolute atomic E-state index is 12.1. The number of ketones is 1. The lowest BCUT2D eigenvalue weighted by atomic mass is 10.1. The van der Waals surface area contributed by atoms with Crippen molar-refractivity contribution >= 4 is 23.3 Å². The summed E-state index contributed by atoms with van der Waals surface area (Å²) in [5, 5.41) is 7.62. The van der Waals surface area contributed by atoms with Crippen LogP contribution in [0.25, 0.3) is 11.3 Å². The fraction of sp³-hybridized carbons (Fsp3) is 0.182. The number of nitrogens with zero attached hydrogens (tertiary/aromatic N) is 2. The number of amides is 1. The Morgan fingerprint density at radius 3 is 2.38 bits per heavy atom. The van der Waals surface area contributed by atoms with E-state index in [2.05, 4.69) is 10.4 Å². The van der Waals surface area contributed by atoms with Crippen LogP contribution in [0.1, 0.15) is 23.2 Å². The van der Waals surface area contributed by atoms with Crippen LogP contribution in [0.5, 0.6) is 0 Å². The molecule has 148 valence electrons. The first-order valence-electron chi connectivity index (χ1n) is 9.22. The first-order chi connectivity index (χ1) is 14.0. The highest BCUT2D eigenvalue weighted by Gasteiger charge is 2.10. The Balaban J connectivity index is 1.49. The monoisotopic (exact) mass is 409 g/mol. The molecule has 7 heteroatoms. The summed E-state index contributed by atoms with van der Waals surface area (Å²) in [7, 11) is 0. The van der Waals surface area contributed by atoms with Gasteiger partial charge in [0.1, 0.15) is 0 Å². The molecule has 1 N–H and O–H groups in total. The summed E-state index contributed by atoms with van der Waals surface area (Å²) in [6.07, 6.45) is 0.184. The van der Waals surface area contributed by atoms with Crippen LogP contribution in [0.3, 0.4) is 0 Å². The second-order valence-corrected chi connectivity index (χ2v) is 6.86. The average Bonchev–Trinajstić information content (AvgIpc) is 2.74. The lowest BCUT2D eigenvalue weighted by Crippen LogP contribution is -2.32. The molecule has 0 saturated carbocycles. The molecule has 0 aliphatic carbocycles. The molecule has 2 aromatic carbocycles. The van der Waals surface area contributed by atoms with Crippen LogP contribution in [0.15, 0.2) is 71.5 Å². The molecule has 1 amide bonds. The molecule has 6 nitrogen and oxygen atoms in total. The van der Waals surface area contributed by atoms with Crippen molar-refractivity contribution in [2.24, 2.45) is 0 Å². The van der Waals surface area contributed by atoms with E-state index in [1.165, 1.54) is 10.7 Å². The summed E-state index contributed by atoms with van der Waals surface area (Å²) >= 11 is 5.80. The number of carbonyl (C=O) groups excluding carboxylic acids is 2. The van der Waals surface area contributed by atoms with Gasteiger partial charge >= 0.3 is 0 Å². The Morgan fingerprint density at radius 2 is 1.66 bits per heavy atom. The van der Waals surface area contributed by atoms with Crippen molar-refractivity contribution in [3.05, 3.63) is 87.7 Å². The van der Waals surface area contributed by atoms with Gasteiger partial charge in [-0.2, -0.15) is 5.10 Å². The molecule has 0 spiro atoms. The van der Waals surface area contributed by atoms with Gasteiger partial charge in [0.2, 0.25) is 5.91 Å². The molecule has 29 heavy (non-hydrogen) atoms. The molecular weight excluding hydrogens is 390 g/mol. The number of halogens is 1. The molecule has 0 aliphatic heterocycles. The minimum absolute atomic E-state index is 0.0772. The summed E-state index contributed by atoms with van der Waals surface area (Å²) in [5.74, 6) is -0.371. The van der Waals surface area contributed by atoms with Crippen molar-refractivity contribution in [1.82, 2.24) is 15.1 Å². The Kier molecular flexibility index (Phi) is 6.92. The number of benzene rings is 2. The Labute approximate surface area is 173 Å². The van der Waals surface area contributed by atoms with Gasteiger partial charge in [0.05, 0.1) is 12.2 Å². The van der Waals surface area contributed by atoms with E-state index in [-0.39, 0.29) is 43.2 Å². The van der Waals surface area contributed by atoms with Gasteiger partial charge in [0, 0.05) is 41.6 Å². The highest BCUT2D eigenvalue weighted by atomic mass is 35.5. The molecule has 0 atom stereocenters. The summed E-state index contributed by atoms with van der Waals surface area (Å²) in [4.78, 5) is 36.1. The molecular formula is C22H20ClN3O3. The lowest BCUT2D eigenvalue weighted by Gasteiger charge is -2.08. The van der Waals surface area contributed by atoms with Crippen molar-refractivity contribution in [2.45, 2.75) is 19.4 Å². The van der Waals surface area contributed by atoms with E-state index in [4.69, 9.17) is 11.6 Å². The SMILES string of the molecule is O=C(CCC(=O)c1ccc(Cl)cc1)NCCn1nc(-c2ccccc2)ccc1=O. The number of rotatable bonds is 8. The first kappa shape index (κ1) is 20.5. The predicted molar refractivity (Wildman–Crippen MR) is 112 cm³/mol. The zero-order chi connectivity index (χ0) is 20.6. The van der Waals surface area contributed by atoms with Crippen molar-refractivity contribution in [1.29, 1.82) is 0 Å². The molecule has 1 heterocycles. The van der Waals surface area contributed by atoms with Gasteiger partial charge in [-0.05, 0) is 30.3 Å². The standard InChI is InChI=1S/C22H20ClN3O3/c23-18-8-6-17(7-9-18)20(27)11-12-21(28)24-14-15-26-22(29)13-10-19(25-26)16-4-2-1-3-5-16/h1-10,13H,11-12,14-15H2,(H,24,28). The summed E-state index contributed by atoms with van der Waals surface area (Å²) in [6.45, 7) is 0.496. The van der Waals surface area contributed by atoms with Crippen LogP contribution in [-0.4, -0.2) is 28.0 Å². The number of Topliss-reactive ketones (excluding diaryl/α,β-unsaturated/α-hetero) is 1. The van der Waals surface area contributed by atoms with Gasteiger partial charge < -0.3 is 5.32 Å². The van der Waals surface area contributed by atoms with E-state index < -0.39 is 0 Å². The molecule has 1 aromatic heterocycles. The van der Waals surface area contributed by atoms with Crippen LogP contribution in [0.4, 0.5) is 0 Å². The van der Waals surface area contributed by atoms with Crippen LogP contribution >= 0.6 is 11.6 Å². The van der Waals surface area contributed by atoms with E-state index >= 15 is 0 Å². The number of hydrogen-bond donors (Lipinski definition) is 1. The minimum atomic E-state index is -0.250. The molecule has 0 bridgehead atoms. The van der Waals surface area contributed by atoms with Gasteiger partial charge in [-0.15, -0.1) is 0 Å². The minimum Gasteiger partial charge on any atom is -0.354 e. The molecule has 0 radical (unpaired) electrons. The maximum Gasteiger partial charge on any atom is 0.266 e. The van der Waals surface area contributed by atoms with Crippen LogP contribution < -0.4 is 10.9 Å². The third-order valence-corrected chi connectivity index (χ3v) is 4.58. The summed E-state index contributed by atoms with van der Waals surface area (Å²) in [6, 6.07) is 19.2. The molecule has 0 saturated heterocycles. The quantitative estimate of drug-likeness (QED) is 0.578. The van der Waals surface area contributed by atoms with E-state index in [1.807, 2.05) is 30.3 Å². The smallest absolute Gasteiger partial charge is 0.266 e. The van der Waals surface area contributed by atoms with E-state index in [0.717, 1.165) is 5.56 Å². The molecule has 0 fully saturated rings. The van der Waals surface area contributed by atoms with Crippen molar-refractivity contribution < 1.29 is 9.59 Å². The Hall–Kier alpha value is -3.25. The predicted octanol–water partition coefficient (Wildman–Crippen LogP) is 3.34. The second-order valence-electron chi connectivity index (χ2n) is 6.43. The normalized spacial score (nSPS) is 10.5. The fourth-order valence-corrected chi connectivity index (χ4v) is 2.89. The fourth-order valence-electron chi connectivity index (χ4n) is 2.77. The Morgan fingerprint density at radius 1 is 0.931 bits per heavy atom. The van der Waals surface area contributed by atoms with Crippen molar-refractivity contribution in [3.8, 4) is 11.3 Å². The highest BCUT2D eigenvalue weighted by Crippen LogP contribution is 2.14. The van der Waals surface area contributed by atoms with E-state index in [0.29, 0.717) is 16.3 Å². The van der Waals surface area contributed by atoms with Gasteiger partial charge in [0.15, 0.2) is 5.78 Å². The molecule has 3 rings (SSSR count). The number of hydrogen-bond acceptors (Lipinski definition) is 4. The third kappa shape index (κ3) is 5.86. The van der Waals surface area contributed by atoms with Crippen molar-refractivity contribution in [3.63, 3.8) is 0 Å². The van der Waals surface area contributed by atoms with Crippen LogP contribution in [0.2, 0.25) is 5.02 Å². The highest BCUT2D eigenvalue weighted by molar-refractivity contribution is 6.30. The van der Waals surface area contributed by atoms with Gasteiger partial charge in [-0.3, -0.25) is 14.4 Å². The van der Waals surface area contributed by atoms with Gasteiger partial charge in [-0.1, -0.05) is 41.9 Å². The third-order valence-electron chi connectivity index (χ3n) is 4.33. The van der Waals surface area contributed by atoms with E-state index in [9.17, 15) is 14.4 Å². The number of nitrogens with one attached hydrogen (secondary N) is 1. The van der Waals surface area contributed by atoms with Crippen LogP contribution in [0, 0.1) is 0 Å². The van der Waals surface area contributed by atoms with Crippen molar-refractivity contribution in [2.75, 3.05) is 6.54 Å². The zero-order valence-corrected chi connectivity index (χ0v) is 16.4. The van der Waals surface area contributed by atoms with Gasteiger partial charge in [-0.25, -0.2) is 4.68 Å². The largest absolute Gasteiger partial charge is 0.354 e. The summed E-state index contributed by atoms with van der Waals surface area (Å²) < 4.78 is 1.32. The molecule has 0 aliphatic rings. The second kappa shape index (κ2) is 9.80. The number of aromatic nitrogens is 2. The molecule has 0 unspecified atom stereocenters. The topological polar surface area (TPSA) is 81.1 Å². The summed E-state index contributed by atoms with van der Waals surface area (Å²) in [5.41, 5.74) is 1.88.